The van der Waals surface area contributed by atoms with E-state index < -0.39 is 28.2 Å². The minimum atomic E-state index is -1.37. The van der Waals surface area contributed by atoms with Crippen LogP contribution in [0.25, 0.3) is 0 Å². The van der Waals surface area contributed by atoms with Crippen LogP contribution in [0.2, 0.25) is 0 Å². The Balaban J connectivity index is 2.05. The molecule has 0 unspecified atom stereocenters. The van der Waals surface area contributed by atoms with E-state index in [9.17, 15) is 24.5 Å². The number of nitrogens with zero attached hydrogens (tertiary/aromatic N) is 3. The first kappa shape index (κ1) is 17.5. The van der Waals surface area contributed by atoms with Gasteiger partial charge in [-0.3, -0.25) is 29.1 Å². The number of benzene rings is 1. The van der Waals surface area contributed by atoms with Crippen LogP contribution in [0.5, 0.6) is 0 Å². The lowest BCUT2D eigenvalue weighted by atomic mass is 10.0. The fourth-order valence-electron chi connectivity index (χ4n) is 3.05. The summed E-state index contributed by atoms with van der Waals surface area (Å²) in [4.78, 5) is 50.1. The number of Topliss-reactive ketones (excluding diaryl/α,β-unsaturated/α-hetero) is 1. The second kappa shape index (κ2) is 7.30. The predicted octanol–water partition coefficient (Wildman–Crippen LogP) is 1.80. The van der Waals surface area contributed by atoms with Gasteiger partial charge in [-0.15, -0.1) is 0 Å². The van der Waals surface area contributed by atoms with E-state index in [0.717, 1.165) is 23.5 Å². The molecule has 0 spiro atoms. The highest BCUT2D eigenvalue weighted by Crippen LogP contribution is 2.22. The van der Waals surface area contributed by atoms with Crippen molar-refractivity contribution in [2.45, 2.75) is 18.9 Å². The third-order valence-corrected chi connectivity index (χ3v) is 4.37. The number of nitro benzene ring substituents is 1. The van der Waals surface area contributed by atoms with E-state index in [4.69, 9.17) is 0 Å². The molecule has 1 aromatic carbocycles. The molecule has 1 fully saturated rings. The average Bonchev–Trinajstić information content (AvgIpc) is 3.18. The molecule has 2 aromatic rings. The van der Waals surface area contributed by atoms with Crippen LogP contribution in [0, 0.1) is 10.1 Å². The van der Waals surface area contributed by atoms with Crippen LogP contribution in [0.15, 0.2) is 53.5 Å². The number of nitro groups is 1. The summed E-state index contributed by atoms with van der Waals surface area (Å²) in [7, 11) is 0. The van der Waals surface area contributed by atoms with Crippen LogP contribution in [-0.2, 0) is 4.79 Å². The molecule has 1 aromatic heterocycles. The number of hydrogen-bond donors (Lipinski definition) is 0. The summed E-state index contributed by atoms with van der Waals surface area (Å²) in [6.45, 7) is 1.05. The molecule has 3 rings (SSSR count). The largest absolute Gasteiger partial charge is 0.340 e. The number of amides is 1. The smallest absolute Gasteiger partial charge is 0.270 e. The van der Waals surface area contributed by atoms with Crippen molar-refractivity contribution in [3.63, 3.8) is 0 Å². The number of carbonyl (C=O) groups excluding carboxylic acids is 2. The monoisotopic (exact) mass is 355 g/mol. The summed E-state index contributed by atoms with van der Waals surface area (Å²) >= 11 is 0. The van der Waals surface area contributed by atoms with E-state index in [-0.39, 0.29) is 11.3 Å². The number of ketones is 1. The Hall–Kier alpha value is -3.29. The third kappa shape index (κ3) is 3.39. The van der Waals surface area contributed by atoms with Crippen LogP contribution in [0.3, 0.4) is 0 Å². The van der Waals surface area contributed by atoms with Gasteiger partial charge in [0.25, 0.3) is 17.2 Å². The Labute approximate surface area is 148 Å². The zero-order valence-electron chi connectivity index (χ0n) is 13.9. The maximum absolute atomic E-state index is 13.0. The number of rotatable bonds is 5. The Morgan fingerprint density at radius 2 is 1.81 bits per heavy atom. The normalized spacial score (nSPS) is 14.8. The van der Waals surface area contributed by atoms with Crippen LogP contribution >= 0.6 is 0 Å². The number of non-ortho nitro benzene ring substituents is 1. The second-order valence-electron chi connectivity index (χ2n) is 6.05. The Bertz CT molecular complexity index is 915. The molecule has 26 heavy (non-hydrogen) atoms. The lowest BCUT2D eigenvalue weighted by Gasteiger charge is -2.23. The molecule has 0 bridgehead atoms. The van der Waals surface area contributed by atoms with Gasteiger partial charge in [0.1, 0.15) is 0 Å². The van der Waals surface area contributed by atoms with Crippen LogP contribution in [0.1, 0.15) is 29.2 Å². The molecule has 0 aliphatic carbocycles. The van der Waals surface area contributed by atoms with Crippen molar-refractivity contribution in [3.05, 3.63) is 74.7 Å². The molecule has 2 heterocycles. The zero-order valence-corrected chi connectivity index (χ0v) is 13.9. The SMILES string of the molecule is O=C(c1cccc([N+](=O)[O-])c1)[C@@H](C(=O)N1CCCC1)n1ccccc1=O. The molecule has 1 atom stereocenters. The fourth-order valence-corrected chi connectivity index (χ4v) is 3.05. The van der Waals surface area contributed by atoms with E-state index >= 15 is 0 Å². The average molecular weight is 355 g/mol. The number of carbonyl (C=O) groups is 2. The summed E-state index contributed by atoms with van der Waals surface area (Å²) in [6.07, 6.45) is 3.07. The summed E-state index contributed by atoms with van der Waals surface area (Å²) < 4.78 is 1.09. The van der Waals surface area contributed by atoms with Crippen LogP contribution in [0.4, 0.5) is 5.69 Å². The molecule has 8 nitrogen and oxygen atoms in total. The molecule has 0 N–H and O–H groups in total. The van der Waals surface area contributed by atoms with Crippen molar-refractivity contribution in [2.75, 3.05) is 13.1 Å². The van der Waals surface area contributed by atoms with Gasteiger partial charge in [-0.05, 0) is 18.9 Å². The molecule has 134 valence electrons. The maximum Gasteiger partial charge on any atom is 0.270 e. The summed E-state index contributed by atoms with van der Waals surface area (Å²) in [6, 6.07) is 8.17. The van der Waals surface area contributed by atoms with Crippen LogP contribution < -0.4 is 5.56 Å². The van der Waals surface area contributed by atoms with Crippen molar-refractivity contribution in [1.29, 1.82) is 0 Å². The summed E-state index contributed by atoms with van der Waals surface area (Å²) in [5, 5.41) is 11.0. The molecule has 0 saturated carbocycles. The summed E-state index contributed by atoms with van der Waals surface area (Å²) in [5.41, 5.74) is -0.708. The third-order valence-electron chi connectivity index (χ3n) is 4.37. The molecular weight excluding hydrogens is 338 g/mol. The van der Waals surface area contributed by atoms with Gasteiger partial charge in [0.05, 0.1) is 4.92 Å². The van der Waals surface area contributed by atoms with E-state index in [2.05, 4.69) is 0 Å². The highest BCUT2D eigenvalue weighted by atomic mass is 16.6. The first-order chi connectivity index (χ1) is 12.5. The molecule has 1 aliphatic heterocycles. The minimum absolute atomic E-state index is 0.0208. The van der Waals surface area contributed by atoms with Gasteiger partial charge in [0.15, 0.2) is 11.8 Å². The van der Waals surface area contributed by atoms with E-state index in [1.807, 2.05) is 0 Å². The molecular formula is C18H17N3O5. The molecule has 0 radical (unpaired) electrons. The lowest BCUT2D eigenvalue weighted by Crippen LogP contribution is -2.42. The van der Waals surface area contributed by atoms with Crippen molar-refractivity contribution in [2.24, 2.45) is 0 Å². The number of aromatic nitrogens is 1. The van der Waals surface area contributed by atoms with Gasteiger partial charge < -0.3 is 4.90 Å². The highest BCUT2D eigenvalue weighted by molar-refractivity contribution is 6.12. The zero-order chi connectivity index (χ0) is 18.7. The lowest BCUT2D eigenvalue weighted by molar-refractivity contribution is -0.384. The first-order valence-electron chi connectivity index (χ1n) is 8.23. The topological polar surface area (TPSA) is 103 Å². The molecule has 1 aliphatic rings. The van der Waals surface area contributed by atoms with Crippen molar-refractivity contribution in [1.82, 2.24) is 9.47 Å². The van der Waals surface area contributed by atoms with Crippen molar-refractivity contribution < 1.29 is 14.5 Å². The minimum Gasteiger partial charge on any atom is -0.340 e. The quantitative estimate of drug-likeness (QED) is 0.352. The van der Waals surface area contributed by atoms with Crippen molar-refractivity contribution >= 4 is 17.4 Å². The fraction of sp³-hybridized carbons (Fsp3) is 0.278. The van der Waals surface area contributed by atoms with Gasteiger partial charge in [0.2, 0.25) is 0 Å². The molecule has 1 amide bonds. The standard InChI is InChI=1S/C18H17N3O5/c22-15-8-1-2-11-20(15)16(18(24)19-9-3-4-10-19)17(23)13-6-5-7-14(12-13)21(25)26/h1-2,5-8,11-12,16H,3-4,9-10H2/t16-/m0/s1. The number of hydrogen-bond acceptors (Lipinski definition) is 5. The predicted molar refractivity (Wildman–Crippen MR) is 93.0 cm³/mol. The Morgan fingerprint density at radius 3 is 2.46 bits per heavy atom. The van der Waals surface area contributed by atoms with Gasteiger partial charge in [-0.2, -0.15) is 0 Å². The Kier molecular flexibility index (Phi) is 4.92. The molecule has 1 saturated heterocycles. The number of likely N-dealkylation sites (tertiary alicyclic amines) is 1. The second-order valence-corrected chi connectivity index (χ2v) is 6.05. The van der Waals surface area contributed by atoms with Crippen LogP contribution in [-0.4, -0.2) is 39.2 Å². The highest BCUT2D eigenvalue weighted by Gasteiger charge is 2.35. The van der Waals surface area contributed by atoms with Gasteiger partial charge in [0, 0.05) is 43.0 Å². The van der Waals surface area contributed by atoms with E-state index in [1.54, 1.807) is 11.0 Å². The summed E-state index contributed by atoms with van der Waals surface area (Å²) in [5.74, 6) is -1.11. The Morgan fingerprint density at radius 1 is 1.08 bits per heavy atom. The number of pyridine rings is 1. The maximum atomic E-state index is 13.0. The van der Waals surface area contributed by atoms with Gasteiger partial charge in [-0.25, -0.2) is 0 Å². The van der Waals surface area contributed by atoms with Gasteiger partial charge >= 0.3 is 0 Å². The first-order valence-corrected chi connectivity index (χ1v) is 8.23. The molecule has 8 heteroatoms. The van der Waals surface area contributed by atoms with E-state index in [0.29, 0.717) is 13.1 Å². The van der Waals surface area contributed by atoms with Crippen molar-refractivity contribution in [3.8, 4) is 0 Å². The van der Waals surface area contributed by atoms with Gasteiger partial charge in [-0.1, -0.05) is 18.2 Å². The van der Waals surface area contributed by atoms with E-state index in [1.165, 1.54) is 36.5 Å².